The van der Waals surface area contributed by atoms with Crippen molar-refractivity contribution in [1.82, 2.24) is 4.48 Å². The zero-order valence-corrected chi connectivity index (χ0v) is 27.2. The molecule has 0 aliphatic heterocycles. The third-order valence-electron chi connectivity index (χ3n) is 8.99. The molecule has 2 aromatic rings. The summed E-state index contributed by atoms with van der Waals surface area (Å²) in [5, 5.41) is 0. The standard InChI is InChI=1S/C38H64N/c1-8-10-12-13-14-15-16-17-18-19-23-37-34(6)30-35(26-25-32(3)4)31-36(37)27-29-39(7,28-11-9-2)38-24-21-20-22-33(38)5/h20-22,24,30-32H,8-19,23,25-29H2,1-7H3/q+1. The Labute approximate surface area is 244 Å². The van der Waals surface area contributed by atoms with Crippen LogP contribution in [0.3, 0.4) is 0 Å². The van der Waals surface area contributed by atoms with Crippen LogP contribution in [0.1, 0.15) is 139 Å². The second-order valence-electron chi connectivity index (χ2n) is 13.1. The lowest BCUT2D eigenvalue weighted by molar-refractivity contribution is 0.325. The van der Waals surface area contributed by atoms with Gasteiger partial charge in [0.1, 0.15) is 5.69 Å². The summed E-state index contributed by atoms with van der Waals surface area (Å²) in [5.41, 5.74) is 9.34. The smallest absolute Gasteiger partial charge is 0.135 e. The summed E-state index contributed by atoms with van der Waals surface area (Å²) in [4.78, 5) is 0. The van der Waals surface area contributed by atoms with Gasteiger partial charge in [-0.25, -0.2) is 0 Å². The molecule has 2 aromatic carbocycles. The van der Waals surface area contributed by atoms with Crippen molar-refractivity contribution in [2.75, 3.05) is 20.1 Å². The Kier molecular flexibility index (Phi) is 16.1. The molecule has 0 heterocycles. The summed E-state index contributed by atoms with van der Waals surface area (Å²) in [6.45, 7) is 16.4. The van der Waals surface area contributed by atoms with Crippen LogP contribution < -0.4 is 4.48 Å². The van der Waals surface area contributed by atoms with Crippen LogP contribution in [-0.4, -0.2) is 20.1 Å². The number of unbranched alkanes of at least 4 members (excludes halogenated alkanes) is 10. The first-order valence-electron chi connectivity index (χ1n) is 16.8. The minimum atomic E-state index is 0.759. The maximum absolute atomic E-state index is 2.60. The topological polar surface area (TPSA) is 0 Å². The van der Waals surface area contributed by atoms with Crippen LogP contribution in [0.5, 0.6) is 0 Å². The highest BCUT2D eigenvalue weighted by Gasteiger charge is 2.26. The van der Waals surface area contributed by atoms with Gasteiger partial charge in [-0.05, 0) is 80.2 Å². The van der Waals surface area contributed by atoms with Crippen molar-refractivity contribution in [2.24, 2.45) is 5.92 Å². The molecule has 0 saturated carbocycles. The van der Waals surface area contributed by atoms with Crippen molar-refractivity contribution in [2.45, 2.75) is 144 Å². The summed E-state index contributed by atoms with van der Waals surface area (Å²) < 4.78 is 1.05. The fourth-order valence-corrected chi connectivity index (χ4v) is 6.34. The normalized spacial score (nSPS) is 13.2. The van der Waals surface area contributed by atoms with Gasteiger partial charge in [0.2, 0.25) is 0 Å². The zero-order chi connectivity index (χ0) is 28.5. The second kappa shape index (κ2) is 18.7. The van der Waals surface area contributed by atoms with E-state index in [1.165, 1.54) is 127 Å². The van der Waals surface area contributed by atoms with Gasteiger partial charge in [0.15, 0.2) is 0 Å². The monoisotopic (exact) mass is 535 g/mol. The Bertz CT molecular complexity index is 926. The highest BCUT2D eigenvalue weighted by atomic mass is 15.3. The fraction of sp³-hybridized carbons (Fsp3) is 0.684. The van der Waals surface area contributed by atoms with Crippen LogP contribution >= 0.6 is 0 Å². The van der Waals surface area contributed by atoms with Crippen molar-refractivity contribution in [3.63, 3.8) is 0 Å². The highest BCUT2D eigenvalue weighted by molar-refractivity contribution is 5.50. The molecule has 1 unspecified atom stereocenters. The Morgan fingerprint density at radius 1 is 0.641 bits per heavy atom. The van der Waals surface area contributed by atoms with E-state index in [4.69, 9.17) is 0 Å². The molecule has 1 atom stereocenters. The van der Waals surface area contributed by atoms with E-state index in [1.807, 2.05) is 0 Å². The van der Waals surface area contributed by atoms with Gasteiger partial charge in [-0.3, -0.25) is 4.48 Å². The average Bonchev–Trinajstić information content (AvgIpc) is 2.91. The van der Waals surface area contributed by atoms with E-state index in [0.717, 1.165) is 10.4 Å². The number of rotatable bonds is 21. The molecule has 1 heteroatoms. The van der Waals surface area contributed by atoms with Crippen LogP contribution in [0.2, 0.25) is 0 Å². The molecule has 39 heavy (non-hydrogen) atoms. The molecular weight excluding hydrogens is 470 g/mol. The van der Waals surface area contributed by atoms with Gasteiger partial charge in [0.25, 0.3) is 0 Å². The predicted octanol–water partition coefficient (Wildman–Crippen LogP) is 11.3. The van der Waals surface area contributed by atoms with Gasteiger partial charge in [0, 0.05) is 12.0 Å². The van der Waals surface area contributed by atoms with Crippen LogP contribution in [-0.2, 0) is 19.3 Å². The lowest BCUT2D eigenvalue weighted by atomic mass is 9.90. The fourth-order valence-electron chi connectivity index (χ4n) is 6.34. The first-order valence-corrected chi connectivity index (χ1v) is 16.8. The number of hydrogen-bond acceptors (Lipinski definition) is 0. The summed E-state index contributed by atoms with van der Waals surface area (Å²) in [6.07, 6.45) is 21.6. The summed E-state index contributed by atoms with van der Waals surface area (Å²) in [5.74, 6) is 0.759. The third-order valence-corrected chi connectivity index (χ3v) is 8.99. The summed E-state index contributed by atoms with van der Waals surface area (Å²) in [6, 6.07) is 14.2. The molecule has 0 aromatic heterocycles. The van der Waals surface area contributed by atoms with Crippen LogP contribution in [0.25, 0.3) is 0 Å². The van der Waals surface area contributed by atoms with Crippen molar-refractivity contribution in [1.29, 1.82) is 0 Å². The molecule has 0 N–H and O–H groups in total. The molecule has 0 radical (unpaired) electrons. The number of aryl methyl sites for hydroxylation is 3. The van der Waals surface area contributed by atoms with Gasteiger partial charge in [0.05, 0.1) is 20.1 Å². The number of para-hydroxylation sites is 1. The number of nitrogens with zero attached hydrogens (tertiary/aromatic N) is 1. The molecule has 0 bridgehead atoms. The van der Waals surface area contributed by atoms with E-state index in [9.17, 15) is 0 Å². The van der Waals surface area contributed by atoms with Crippen molar-refractivity contribution in [3.05, 3.63) is 64.2 Å². The Morgan fingerprint density at radius 2 is 1.26 bits per heavy atom. The Balaban J connectivity index is 2.10. The van der Waals surface area contributed by atoms with Gasteiger partial charge in [-0.15, -0.1) is 0 Å². The lowest BCUT2D eigenvalue weighted by Gasteiger charge is -2.36. The van der Waals surface area contributed by atoms with E-state index in [2.05, 4.69) is 85.0 Å². The van der Waals surface area contributed by atoms with Gasteiger partial charge < -0.3 is 0 Å². The van der Waals surface area contributed by atoms with Crippen molar-refractivity contribution < 1.29 is 0 Å². The molecule has 220 valence electrons. The maximum atomic E-state index is 2.60. The average molecular weight is 535 g/mol. The number of hydrogen-bond donors (Lipinski definition) is 0. The SMILES string of the molecule is CCCCCCCCCCCCc1c(C)cc(CCC(C)C)cc1CC[N+](C)(CCCC)c1ccccc1C. The molecular formula is C38H64N+. The summed E-state index contributed by atoms with van der Waals surface area (Å²) >= 11 is 0. The molecule has 1 nitrogen and oxygen atoms in total. The van der Waals surface area contributed by atoms with Gasteiger partial charge >= 0.3 is 0 Å². The first kappa shape index (κ1) is 33.6. The molecule has 0 fully saturated rings. The Morgan fingerprint density at radius 3 is 1.87 bits per heavy atom. The first-order chi connectivity index (χ1) is 18.8. The van der Waals surface area contributed by atoms with Gasteiger partial charge in [-0.2, -0.15) is 0 Å². The van der Waals surface area contributed by atoms with Crippen molar-refractivity contribution in [3.8, 4) is 0 Å². The third kappa shape index (κ3) is 12.2. The molecule has 0 aliphatic carbocycles. The number of quaternary nitrogens is 1. The zero-order valence-electron chi connectivity index (χ0n) is 27.2. The second-order valence-corrected chi connectivity index (χ2v) is 13.1. The molecule has 0 aliphatic rings. The minimum absolute atomic E-state index is 0.759. The number of benzene rings is 2. The van der Waals surface area contributed by atoms with Crippen LogP contribution in [0.4, 0.5) is 5.69 Å². The molecule has 0 spiro atoms. The number of likely N-dealkylation sites (N-methyl/N-ethyl adjacent to an activating group) is 1. The Hall–Kier alpha value is -1.60. The highest BCUT2D eigenvalue weighted by Crippen LogP contribution is 2.29. The maximum Gasteiger partial charge on any atom is 0.135 e. The van der Waals surface area contributed by atoms with E-state index in [1.54, 1.807) is 22.3 Å². The van der Waals surface area contributed by atoms with E-state index in [0.29, 0.717) is 0 Å². The minimum Gasteiger partial charge on any atom is -0.293 e. The molecule has 2 rings (SSSR count). The summed E-state index contributed by atoms with van der Waals surface area (Å²) in [7, 11) is 2.48. The van der Waals surface area contributed by atoms with E-state index >= 15 is 0 Å². The van der Waals surface area contributed by atoms with Crippen molar-refractivity contribution >= 4 is 5.69 Å². The largest absolute Gasteiger partial charge is 0.293 e. The molecule has 0 amide bonds. The van der Waals surface area contributed by atoms with Crippen LogP contribution in [0, 0.1) is 19.8 Å². The van der Waals surface area contributed by atoms with Gasteiger partial charge in [-0.1, -0.05) is 122 Å². The van der Waals surface area contributed by atoms with E-state index in [-0.39, 0.29) is 0 Å². The predicted molar refractivity (Wildman–Crippen MR) is 177 cm³/mol. The van der Waals surface area contributed by atoms with Crippen LogP contribution in [0.15, 0.2) is 36.4 Å². The van der Waals surface area contributed by atoms with E-state index < -0.39 is 0 Å². The molecule has 0 saturated heterocycles. The lowest BCUT2D eigenvalue weighted by Crippen LogP contribution is -2.48. The quantitative estimate of drug-likeness (QED) is 0.110.